The molecule has 0 aliphatic carbocycles. The molecule has 24 heavy (non-hydrogen) atoms. The van der Waals surface area contributed by atoms with Gasteiger partial charge in [-0.05, 0) is 19.4 Å². The Kier molecular flexibility index (Phi) is 4.87. The van der Waals surface area contributed by atoms with Crippen molar-refractivity contribution < 1.29 is 9.32 Å². The van der Waals surface area contributed by atoms with Gasteiger partial charge in [0.1, 0.15) is 5.82 Å². The number of aryl methyl sites for hydroxylation is 2. The van der Waals surface area contributed by atoms with Gasteiger partial charge in [-0.15, -0.1) is 0 Å². The lowest BCUT2D eigenvalue weighted by Gasteiger charge is -2.15. The second-order valence-electron chi connectivity index (χ2n) is 6.58. The molecular formula is C17H23N5O2. The number of nitrogens with zero attached hydrogens (tertiary/aromatic N) is 5. The average molecular weight is 329 g/mol. The third-order valence-electron chi connectivity index (χ3n) is 4.27. The number of hydrogen-bond donors (Lipinski definition) is 0. The molecule has 1 fully saturated rings. The van der Waals surface area contributed by atoms with Crippen LogP contribution in [0.2, 0.25) is 0 Å². The van der Waals surface area contributed by atoms with E-state index in [0.29, 0.717) is 31.1 Å². The molecule has 128 valence electrons. The van der Waals surface area contributed by atoms with E-state index in [9.17, 15) is 4.79 Å². The van der Waals surface area contributed by atoms with E-state index in [1.165, 1.54) is 0 Å². The van der Waals surface area contributed by atoms with Gasteiger partial charge in [-0.1, -0.05) is 19.0 Å². The van der Waals surface area contributed by atoms with E-state index in [1.54, 1.807) is 6.20 Å². The van der Waals surface area contributed by atoms with Crippen molar-refractivity contribution in [3.63, 3.8) is 0 Å². The molecule has 7 nitrogen and oxygen atoms in total. The van der Waals surface area contributed by atoms with Gasteiger partial charge in [0.05, 0.1) is 0 Å². The van der Waals surface area contributed by atoms with Crippen molar-refractivity contribution in [1.82, 2.24) is 25.0 Å². The van der Waals surface area contributed by atoms with Crippen molar-refractivity contribution in [2.45, 2.75) is 51.9 Å². The number of carbonyl (C=O) groups excluding carboxylic acids is 1. The Morgan fingerprint density at radius 2 is 2.25 bits per heavy atom. The predicted octanol–water partition coefficient (Wildman–Crippen LogP) is 2.24. The number of hydrogen-bond acceptors (Lipinski definition) is 6. The normalized spacial score (nSPS) is 17.7. The van der Waals surface area contributed by atoms with Gasteiger partial charge >= 0.3 is 0 Å². The zero-order chi connectivity index (χ0) is 17.1. The molecule has 0 saturated carbocycles. The summed E-state index contributed by atoms with van der Waals surface area (Å²) in [5, 5.41) is 3.92. The zero-order valence-corrected chi connectivity index (χ0v) is 14.4. The molecule has 0 unspecified atom stereocenters. The van der Waals surface area contributed by atoms with Crippen LogP contribution >= 0.6 is 0 Å². The SMILES string of the molecule is Cc1ccnc([C@@H]2CCN(C(=O)CCc3nc(C(C)C)no3)C2)n1. The maximum Gasteiger partial charge on any atom is 0.227 e. The van der Waals surface area contributed by atoms with E-state index in [-0.39, 0.29) is 17.7 Å². The van der Waals surface area contributed by atoms with E-state index < -0.39 is 0 Å². The molecule has 0 bridgehead atoms. The summed E-state index contributed by atoms with van der Waals surface area (Å²) >= 11 is 0. The molecule has 2 aromatic rings. The summed E-state index contributed by atoms with van der Waals surface area (Å²) in [4.78, 5) is 27.4. The topological polar surface area (TPSA) is 85.0 Å². The number of amides is 1. The smallest absolute Gasteiger partial charge is 0.227 e. The highest BCUT2D eigenvalue weighted by Crippen LogP contribution is 2.25. The zero-order valence-electron chi connectivity index (χ0n) is 14.4. The summed E-state index contributed by atoms with van der Waals surface area (Å²) < 4.78 is 5.19. The summed E-state index contributed by atoms with van der Waals surface area (Å²) in [5.41, 5.74) is 0.960. The highest BCUT2D eigenvalue weighted by Gasteiger charge is 2.29. The molecule has 2 aromatic heterocycles. The fourth-order valence-corrected chi connectivity index (χ4v) is 2.84. The van der Waals surface area contributed by atoms with E-state index in [1.807, 2.05) is 31.7 Å². The standard InChI is InChI=1S/C17H23N5O2/c1-11(2)16-20-14(24-21-16)4-5-15(23)22-9-7-13(10-22)17-18-8-6-12(3)19-17/h6,8,11,13H,4-5,7,9-10H2,1-3H3/t13-/m1/s1. The Labute approximate surface area is 141 Å². The lowest BCUT2D eigenvalue weighted by atomic mass is 10.1. The molecule has 3 heterocycles. The summed E-state index contributed by atoms with van der Waals surface area (Å²) in [7, 11) is 0. The van der Waals surface area contributed by atoms with Gasteiger partial charge in [-0.2, -0.15) is 4.98 Å². The Bertz CT molecular complexity index is 713. The molecular weight excluding hydrogens is 306 g/mol. The summed E-state index contributed by atoms with van der Waals surface area (Å²) in [6.45, 7) is 7.42. The number of likely N-dealkylation sites (tertiary alicyclic amines) is 1. The van der Waals surface area contributed by atoms with Crippen molar-refractivity contribution in [3.8, 4) is 0 Å². The van der Waals surface area contributed by atoms with E-state index in [4.69, 9.17) is 4.52 Å². The highest BCUT2D eigenvalue weighted by molar-refractivity contribution is 5.76. The van der Waals surface area contributed by atoms with Crippen LogP contribution in [0.3, 0.4) is 0 Å². The largest absolute Gasteiger partial charge is 0.342 e. The Balaban J connectivity index is 1.52. The molecule has 3 rings (SSSR count). The van der Waals surface area contributed by atoms with Crippen molar-refractivity contribution >= 4 is 5.91 Å². The molecule has 1 aliphatic rings. The number of aromatic nitrogens is 4. The third kappa shape index (κ3) is 3.77. The fraction of sp³-hybridized carbons (Fsp3) is 0.588. The summed E-state index contributed by atoms with van der Waals surface area (Å²) in [5.74, 6) is 2.63. The predicted molar refractivity (Wildman–Crippen MR) is 87.4 cm³/mol. The quantitative estimate of drug-likeness (QED) is 0.836. The molecule has 0 aromatic carbocycles. The molecule has 7 heteroatoms. The lowest BCUT2D eigenvalue weighted by molar-refractivity contribution is -0.130. The monoisotopic (exact) mass is 329 g/mol. The third-order valence-corrected chi connectivity index (χ3v) is 4.27. The Hall–Kier alpha value is -2.31. The second-order valence-corrected chi connectivity index (χ2v) is 6.58. The maximum atomic E-state index is 12.4. The van der Waals surface area contributed by atoms with Gasteiger partial charge in [-0.3, -0.25) is 4.79 Å². The highest BCUT2D eigenvalue weighted by atomic mass is 16.5. The lowest BCUT2D eigenvalue weighted by Crippen LogP contribution is -2.28. The summed E-state index contributed by atoms with van der Waals surface area (Å²) in [6.07, 6.45) is 3.57. The van der Waals surface area contributed by atoms with Crippen molar-refractivity contribution in [2.24, 2.45) is 0 Å². The first-order valence-corrected chi connectivity index (χ1v) is 8.42. The van der Waals surface area contributed by atoms with Crippen LogP contribution in [0.1, 0.15) is 61.8 Å². The maximum absolute atomic E-state index is 12.4. The first-order valence-electron chi connectivity index (χ1n) is 8.42. The number of carbonyl (C=O) groups is 1. The molecule has 0 N–H and O–H groups in total. The minimum atomic E-state index is 0.120. The van der Waals surface area contributed by atoms with Crippen molar-refractivity contribution in [3.05, 3.63) is 35.5 Å². The van der Waals surface area contributed by atoms with Crippen LogP contribution < -0.4 is 0 Å². The first kappa shape index (κ1) is 16.5. The average Bonchev–Trinajstić information content (AvgIpc) is 3.22. The van der Waals surface area contributed by atoms with E-state index >= 15 is 0 Å². The van der Waals surface area contributed by atoms with Gasteiger partial charge in [0, 0.05) is 49.7 Å². The fourth-order valence-electron chi connectivity index (χ4n) is 2.84. The van der Waals surface area contributed by atoms with Gasteiger partial charge in [0.25, 0.3) is 0 Å². The van der Waals surface area contributed by atoms with Crippen LogP contribution in [0.4, 0.5) is 0 Å². The Morgan fingerprint density at radius 1 is 1.42 bits per heavy atom. The van der Waals surface area contributed by atoms with Gasteiger partial charge in [-0.25, -0.2) is 9.97 Å². The van der Waals surface area contributed by atoms with Crippen LogP contribution in [0.25, 0.3) is 0 Å². The van der Waals surface area contributed by atoms with Crippen LogP contribution in [0, 0.1) is 6.92 Å². The molecule has 1 aliphatic heterocycles. The van der Waals surface area contributed by atoms with Crippen LogP contribution in [0.5, 0.6) is 0 Å². The molecule has 0 radical (unpaired) electrons. The minimum Gasteiger partial charge on any atom is -0.342 e. The first-order chi connectivity index (χ1) is 11.5. The van der Waals surface area contributed by atoms with Crippen molar-refractivity contribution in [1.29, 1.82) is 0 Å². The van der Waals surface area contributed by atoms with Gasteiger partial charge in [0.15, 0.2) is 5.82 Å². The Morgan fingerprint density at radius 3 is 2.96 bits per heavy atom. The molecule has 0 spiro atoms. The van der Waals surface area contributed by atoms with Crippen LogP contribution in [-0.4, -0.2) is 44.0 Å². The molecule has 1 saturated heterocycles. The van der Waals surface area contributed by atoms with Crippen LogP contribution in [-0.2, 0) is 11.2 Å². The number of rotatable bonds is 5. The van der Waals surface area contributed by atoms with E-state index in [0.717, 1.165) is 24.5 Å². The minimum absolute atomic E-state index is 0.120. The van der Waals surface area contributed by atoms with Gasteiger partial charge in [0.2, 0.25) is 11.8 Å². The van der Waals surface area contributed by atoms with E-state index in [2.05, 4.69) is 20.1 Å². The van der Waals surface area contributed by atoms with Crippen LogP contribution in [0.15, 0.2) is 16.8 Å². The van der Waals surface area contributed by atoms with Gasteiger partial charge < -0.3 is 9.42 Å². The molecule has 1 atom stereocenters. The molecule has 1 amide bonds. The second kappa shape index (κ2) is 7.07. The van der Waals surface area contributed by atoms with Crippen molar-refractivity contribution in [2.75, 3.05) is 13.1 Å². The summed E-state index contributed by atoms with van der Waals surface area (Å²) in [6, 6.07) is 1.89.